The maximum absolute atomic E-state index is 13.5. The molecular formula is C32H43N3O3. The minimum Gasteiger partial charge on any atom is -0.391 e. The van der Waals surface area contributed by atoms with E-state index >= 15 is 0 Å². The molecule has 0 bridgehead atoms. The Kier molecular flexibility index (Phi) is 10.9. The van der Waals surface area contributed by atoms with E-state index in [1.807, 2.05) is 72.5 Å². The molecule has 204 valence electrons. The SMILES string of the molecule is CCCN(CCC)C(=O)C1=CC=CC(C(N)=O)([C@H](Cc2ccccc2)[C@@H](O)CN[C@H](C)c2ccccc2)C1. The first-order chi connectivity index (χ1) is 18.3. The van der Waals surface area contributed by atoms with E-state index in [2.05, 4.69) is 19.2 Å². The van der Waals surface area contributed by atoms with E-state index < -0.39 is 23.3 Å². The molecule has 1 aliphatic carbocycles. The predicted octanol–water partition coefficient (Wildman–Crippen LogP) is 4.56. The van der Waals surface area contributed by atoms with Crippen LogP contribution in [0, 0.1) is 11.3 Å². The maximum atomic E-state index is 13.5. The number of hydrogen-bond donors (Lipinski definition) is 3. The molecule has 4 N–H and O–H groups in total. The van der Waals surface area contributed by atoms with Gasteiger partial charge in [-0.3, -0.25) is 9.59 Å². The molecule has 0 fully saturated rings. The summed E-state index contributed by atoms with van der Waals surface area (Å²) < 4.78 is 0. The summed E-state index contributed by atoms with van der Waals surface area (Å²) in [5.74, 6) is -1.12. The zero-order valence-electron chi connectivity index (χ0n) is 23.0. The molecule has 2 aromatic carbocycles. The predicted molar refractivity (Wildman–Crippen MR) is 153 cm³/mol. The van der Waals surface area contributed by atoms with Crippen molar-refractivity contribution in [1.29, 1.82) is 0 Å². The molecule has 0 aliphatic heterocycles. The lowest BCUT2D eigenvalue weighted by atomic mass is 9.64. The molecule has 6 heteroatoms. The number of amides is 2. The van der Waals surface area contributed by atoms with Crippen LogP contribution in [0.3, 0.4) is 0 Å². The Morgan fingerprint density at radius 3 is 2.21 bits per heavy atom. The molecule has 0 aromatic heterocycles. The van der Waals surface area contributed by atoms with Gasteiger partial charge in [-0.2, -0.15) is 0 Å². The van der Waals surface area contributed by atoms with Crippen LogP contribution in [0.2, 0.25) is 0 Å². The zero-order chi connectivity index (χ0) is 27.5. The Labute approximate surface area is 227 Å². The van der Waals surface area contributed by atoms with E-state index in [4.69, 9.17) is 5.73 Å². The summed E-state index contributed by atoms with van der Waals surface area (Å²) >= 11 is 0. The third-order valence-corrected chi connectivity index (χ3v) is 7.54. The summed E-state index contributed by atoms with van der Waals surface area (Å²) in [5, 5.41) is 15.0. The number of nitrogens with zero attached hydrogens (tertiary/aromatic N) is 1. The highest BCUT2D eigenvalue weighted by Crippen LogP contribution is 2.43. The second-order valence-corrected chi connectivity index (χ2v) is 10.3. The standard InChI is InChI=1S/C32H43N3O3/c1-4-19-35(20-5-2)30(37)27-17-12-18-32(22-27,31(33)38)28(21-25-13-8-6-9-14-25)29(36)23-34-24(3)26-15-10-7-11-16-26/h6-18,24,28-29,34,36H,4-5,19-23H2,1-3H3,(H2,33,38)/t24-,28-,29+,32?/m1/s1. The van der Waals surface area contributed by atoms with Crippen molar-refractivity contribution >= 4 is 11.8 Å². The summed E-state index contributed by atoms with van der Waals surface area (Å²) in [6.07, 6.45) is 6.82. The van der Waals surface area contributed by atoms with Crippen LogP contribution < -0.4 is 11.1 Å². The Morgan fingerprint density at radius 1 is 1.03 bits per heavy atom. The van der Waals surface area contributed by atoms with Gasteiger partial charge in [0, 0.05) is 37.2 Å². The lowest BCUT2D eigenvalue weighted by Crippen LogP contribution is -2.51. The maximum Gasteiger partial charge on any atom is 0.249 e. The lowest BCUT2D eigenvalue weighted by molar-refractivity contribution is -0.132. The number of carbonyl (C=O) groups excluding carboxylic acids is 2. The molecule has 0 spiro atoms. The Balaban J connectivity index is 1.90. The first-order valence-corrected chi connectivity index (χ1v) is 13.8. The molecule has 0 saturated carbocycles. The smallest absolute Gasteiger partial charge is 0.249 e. The quantitative estimate of drug-likeness (QED) is 0.342. The van der Waals surface area contributed by atoms with Crippen LogP contribution in [0.1, 0.15) is 57.2 Å². The number of aliphatic hydroxyl groups excluding tert-OH is 1. The highest BCUT2D eigenvalue weighted by molar-refractivity contribution is 5.96. The van der Waals surface area contributed by atoms with Crippen molar-refractivity contribution in [2.75, 3.05) is 19.6 Å². The van der Waals surface area contributed by atoms with Crippen LogP contribution in [0.5, 0.6) is 0 Å². The van der Waals surface area contributed by atoms with Gasteiger partial charge in [-0.1, -0.05) is 92.7 Å². The van der Waals surface area contributed by atoms with Crippen LogP contribution in [0.4, 0.5) is 0 Å². The van der Waals surface area contributed by atoms with Gasteiger partial charge >= 0.3 is 0 Å². The largest absolute Gasteiger partial charge is 0.391 e. The lowest BCUT2D eigenvalue weighted by Gasteiger charge is -2.41. The van der Waals surface area contributed by atoms with E-state index in [0.717, 1.165) is 24.0 Å². The number of benzene rings is 2. The molecular weight excluding hydrogens is 474 g/mol. The molecule has 2 amide bonds. The number of nitrogens with one attached hydrogen (secondary N) is 1. The van der Waals surface area contributed by atoms with Crippen molar-refractivity contribution in [3.8, 4) is 0 Å². The number of rotatable bonds is 14. The summed E-state index contributed by atoms with van der Waals surface area (Å²) in [7, 11) is 0. The highest BCUT2D eigenvalue weighted by Gasteiger charge is 2.47. The number of hydrogen-bond acceptors (Lipinski definition) is 4. The minimum atomic E-state index is -1.20. The second kappa shape index (κ2) is 14.1. The van der Waals surface area contributed by atoms with Gasteiger partial charge in [0.05, 0.1) is 11.5 Å². The van der Waals surface area contributed by atoms with Crippen molar-refractivity contribution in [3.05, 3.63) is 95.6 Å². The molecule has 1 aliphatic rings. The number of nitrogens with two attached hydrogens (primary N) is 1. The van der Waals surface area contributed by atoms with Gasteiger partial charge in [0.2, 0.25) is 11.8 Å². The minimum absolute atomic E-state index is 0.0170. The van der Waals surface area contributed by atoms with E-state index in [1.54, 1.807) is 18.2 Å². The third kappa shape index (κ3) is 7.21. The van der Waals surface area contributed by atoms with E-state index in [1.165, 1.54) is 0 Å². The van der Waals surface area contributed by atoms with Crippen molar-refractivity contribution in [2.24, 2.45) is 17.1 Å². The fourth-order valence-electron chi connectivity index (χ4n) is 5.41. The molecule has 2 aromatic rings. The molecule has 3 rings (SSSR count). The number of aliphatic hydroxyl groups is 1. The Hall–Kier alpha value is -3.22. The second-order valence-electron chi connectivity index (χ2n) is 10.3. The van der Waals surface area contributed by atoms with Gasteiger partial charge in [-0.25, -0.2) is 0 Å². The summed E-state index contributed by atoms with van der Waals surface area (Å²) in [5.41, 5.74) is 7.60. The van der Waals surface area contributed by atoms with Gasteiger partial charge in [-0.05, 0) is 43.7 Å². The van der Waals surface area contributed by atoms with E-state index in [0.29, 0.717) is 25.1 Å². The summed E-state index contributed by atoms with van der Waals surface area (Å²) in [6.45, 7) is 7.75. The molecule has 38 heavy (non-hydrogen) atoms. The number of carbonyl (C=O) groups is 2. The molecule has 0 saturated heterocycles. The highest BCUT2D eigenvalue weighted by atomic mass is 16.3. The molecule has 6 nitrogen and oxygen atoms in total. The normalized spacial score (nSPS) is 19.3. The Morgan fingerprint density at radius 2 is 1.63 bits per heavy atom. The average Bonchev–Trinajstić information content (AvgIpc) is 2.95. The van der Waals surface area contributed by atoms with Crippen molar-refractivity contribution < 1.29 is 14.7 Å². The average molecular weight is 518 g/mol. The number of primary amides is 1. The topological polar surface area (TPSA) is 95.7 Å². The third-order valence-electron chi connectivity index (χ3n) is 7.54. The van der Waals surface area contributed by atoms with Crippen molar-refractivity contribution in [2.45, 2.75) is 58.6 Å². The van der Waals surface area contributed by atoms with Crippen LogP contribution in [-0.4, -0.2) is 47.6 Å². The molecule has 1 unspecified atom stereocenters. The van der Waals surface area contributed by atoms with Gasteiger partial charge in [0.25, 0.3) is 0 Å². The summed E-state index contributed by atoms with van der Waals surface area (Å²) in [4.78, 5) is 28.6. The van der Waals surface area contributed by atoms with E-state index in [9.17, 15) is 14.7 Å². The first-order valence-electron chi connectivity index (χ1n) is 13.8. The summed E-state index contributed by atoms with van der Waals surface area (Å²) in [6, 6.07) is 19.9. The Bertz CT molecular complexity index is 1090. The van der Waals surface area contributed by atoms with E-state index in [-0.39, 0.29) is 24.9 Å². The fourth-order valence-corrected chi connectivity index (χ4v) is 5.41. The van der Waals surface area contributed by atoms with Crippen LogP contribution in [-0.2, 0) is 16.0 Å². The monoisotopic (exact) mass is 517 g/mol. The van der Waals surface area contributed by atoms with Gasteiger partial charge in [-0.15, -0.1) is 0 Å². The van der Waals surface area contributed by atoms with Gasteiger partial charge in [0.15, 0.2) is 0 Å². The van der Waals surface area contributed by atoms with Crippen molar-refractivity contribution in [1.82, 2.24) is 10.2 Å². The fraction of sp³-hybridized carbons (Fsp3) is 0.438. The molecule has 0 radical (unpaired) electrons. The van der Waals surface area contributed by atoms with Crippen LogP contribution >= 0.6 is 0 Å². The molecule has 4 atom stereocenters. The van der Waals surface area contributed by atoms with Crippen LogP contribution in [0.15, 0.2) is 84.5 Å². The van der Waals surface area contributed by atoms with Crippen molar-refractivity contribution in [3.63, 3.8) is 0 Å². The molecule has 0 heterocycles. The van der Waals surface area contributed by atoms with Crippen LogP contribution in [0.25, 0.3) is 0 Å². The van der Waals surface area contributed by atoms with Gasteiger partial charge in [0.1, 0.15) is 0 Å². The number of allylic oxidation sites excluding steroid dienone is 2. The zero-order valence-corrected chi connectivity index (χ0v) is 23.0. The van der Waals surface area contributed by atoms with Gasteiger partial charge < -0.3 is 21.1 Å². The first kappa shape index (κ1) is 29.3.